The minimum absolute atomic E-state index is 0.0344. The number of amides is 1. The summed E-state index contributed by atoms with van der Waals surface area (Å²) in [5.41, 5.74) is -0.209. The first-order valence-electron chi connectivity index (χ1n) is 7.27. The number of nitrogens with one attached hydrogen (secondary N) is 1. The van der Waals surface area contributed by atoms with Gasteiger partial charge in [-0.3, -0.25) is 14.4 Å². The van der Waals surface area contributed by atoms with Crippen molar-refractivity contribution in [1.29, 1.82) is 0 Å². The molecular weight excluding hydrogens is 318 g/mol. The van der Waals surface area contributed by atoms with E-state index in [9.17, 15) is 14.4 Å². The lowest BCUT2D eigenvalue weighted by molar-refractivity contribution is -0.139. The van der Waals surface area contributed by atoms with Gasteiger partial charge in [0, 0.05) is 12.2 Å². The molecule has 1 aliphatic rings. The summed E-state index contributed by atoms with van der Waals surface area (Å²) < 4.78 is 5.22. The number of carboxylic acids is 1. The van der Waals surface area contributed by atoms with Gasteiger partial charge in [-0.25, -0.2) is 0 Å². The summed E-state index contributed by atoms with van der Waals surface area (Å²) in [5, 5.41) is 11.7. The second-order valence-corrected chi connectivity index (χ2v) is 6.47. The van der Waals surface area contributed by atoms with Crippen molar-refractivity contribution in [3.63, 3.8) is 0 Å². The summed E-state index contributed by atoms with van der Waals surface area (Å²) in [7, 11) is 0. The normalized spacial score (nSPS) is 20.2. The Hall–Kier alpha value is -1.86. The Kier molecular flexibility index (Phi) is 6.18. The summed E-state index contributed by atoms with van der Waals surface area (Å²) >= 11 is 1.22. The van der Waals surface area contributed by atoms with Crippen molar-refractivity contribution in [1.82, 2.24) is 5.32 Å². The van der Waals surface area contributed by atoms with E-state index in [4.69, 9.17) is 9.84 Å². The van der Waals surface area contributed by atoms with Crippen LogP contribution in [-0.2, 0) is 14.3 Å². The lowest BCUT2D eigenvalue weighted by Crippen LogP contribution is -2.51. The largest absolute Gasteiger partial charge is 0.481 e. The highest BCUT2D eigenvalue weighted by atomic mass is 32.2. The lowest BCUT2D eigenvalue weighted by Gasteiger charge is -2.26. The van der Waals surface area contributed by atoms with Gasteiger partial charge in [-0.05, 0) is 6.42 Å². The highest BCUT2D eigenvalue weighted by Crippen LogP contribution is 2.23. The van der Waals surface area contributed by atoms with Gasteiger partial charge in [0.2, 0.25) is 5.91 Å². The molecule has 0 saturated carbocycles. The Balaban J connectivity index is 1.78. The van der Waals surface area contributed by atoms with Crippen LogP contribution in [-0.4, -0.2) is 53.0 Å². The highest BCUT2D eigenvalue weighted by Gasteiger charge is 2.38. The predicted molar refractivity (Wildman–Crippen MR) is 86.7 cm³/mol. The van der Waals surface area contributed by atoms with E-state index in [0.29, 0.717) is 18.6 Å². The molecule has 0 bridgehead atoms. The van der Waals surface area contributed by atoms with Crippen LogP contribution in [0.15, 0.2) is 30.3 Å². The molecule has 0 radical (unpaired) electrons. The molecule has 1 unspecified atom stereocenters. The number of ketones is 1. The smallest absolute Gasteiger partial charge is 0.305 e. The van der Waals surface area contributed by atoms with Crippen LogP contribution in [0.2, 0.25) is 0 Å². The van der Waals surface area contributed by atoms with E-state index < -0.39 is 11.5 Å². The molecule has 124 valence electrons. The van der Waals surface area contributed by atoms with Crippen molar-refractivity contribution in [2.45, 2.75) is 18.4 Å². The quantitative estimate of drug-likeness (QED) is 0.696. The zero-order chi connectivity index (χ0) is 16.7. The van der Waals surface area contributed by atoms with Gasteiger partial charge in [0.1, 0.15) is 0 Å². The van der Waals surface area contributed by atoms with Crippen LogP contribution in [0, 0.1) is 0 Å². The van der Waals surface area contributed by atoms with Crippen LogP contribution in [0.3, 0.4) is 0 Å². The highest BCUT2D eigenvalue weighted by molar-refractivity contribution is 8.00. The fraction of sp³-hybridized carbons (Fsp3) is 0.438. The van der Waals surface area contributed by atoms with Crippen LogP contribution in [0.1, 0.15) is 23.2 Å². The molecule has 7 heteroatoms. The maximum absolute atomic E-state index is 12.0. The van der Waals surface area contributed by atoms with E-state index in [0.717, 1.165) is 0 Å². The number of hydrogen-bond acceptors (Lipinski definition) is 5. The molecular formula is C16H19NO5S. The summed E-state index contributed by atoms with van der Waals surface area (Å²) in [6.07, 6.45) is 0.324. The number of thioether (sulfide) groups is 1. The first-order valence-corrected chi connectivity index (χ1v) is 8.43. The summed E-state index contributed by atoms with van der Waals surface area (Å²) in [4.78, 5) is 34.9. The molecule has 1 aliphatic heterocycles. The van der Waals surface area contributed by atoms with Gasteiger partial charge >= 0.3 is 5.97 Å². The van der Waals surface area contributed by atoms with Crippen molar-refractivity contribution < 1.29 is 24.2 Å². The Labute approximate surface area is 138 Å². The van der Waals surface area contributed by atoms with Crippen molar-refractivity contribution >= 4 is 29.4 Å². The van der Waals surface area contributed by atoms with Crippen LogP contribution < -0.4 is 5.32 Å². The van der Waals surface area contributed by atoms with E-state index in [1.165, 1.54) is 11.8 Å². The molecule has 1 aromatic rings. The minimum atomic E-state index is -0.970. The summed E-state index contributed by atoms with van der Waals surface area (Å²) in [6.45, 7) is 0.645. The van der Waals surface area contributed by atoms with E-state index in [-0.39, 0.29) is 36.2 Å². The van der Waals surface area contributed by atoms with Gasteiger partial charge in [-0.2, -0.15) is 0 Å². The predicted octanol–water partition coefficient (Wildman–Crippen LogP) is 1.35. The van der Waals surface area contributed by atoms with Gasteiger partial charge in [-0.1, -0.05) is 30.3 Å². The molecule has 1 atom stereocenters. The number of rotatable bonds is 8. The zero-order valence-electron chi connectivity index (χ0n) is 12.6. The molecule has 1 fully saturated rings. The number of hydrogen-bond donors (Lipinski definition) is 2. The van der Waals surface area contributed by atoms with Gasteiger partial charge in [0.15, 0.2) is 5.78 Å². The Bertz CT molecular complexity index is 569. The third-order valence-electron chi connectivity index (χ3n) is 3.56. The third kappa shape index (κ3) is 5.37. The fourth-order valence-electron chi connectivity index (χ4n) is 2.45. The molecule has 0 aromatic heterocycles. The molecule has 1 saturated heterocycles. The molecule has 0 aliphatic carbocycles. The number of ether oxygens (including phenoxy) is 1. The minimum Gasteiger partial charge on any atom is -0.481 e. The van der Waals surface area contributed by atoms with Crippen LogP contribution in [0.25, 0.3) is 0 Å². The molecule has 2 rings (SSSR count). The maximum Gasteiger partial charge on any atom is 0.305 e. The molecule has 0 spiro atoms. The molecule has 1 amide bonds. The number of carbonyl (C=O) groups is 3. The zero-order valence-corrected chi connectivity index (χ0v) is 13.4. The van der Waals surface area contributed by atoms with E-state index in [1.54, 1.807) is 24.3 Å². The van der Waals surface area contributed by atoms with Crippen molar-refractivity contribution in [2.75, 3.05) is 24.7 Å². The molecule has 2 N–H and O–H groups in total. The Morgan fingerprint density at radius 1 is 1.22 bits per heavy atom. The number of carbonyl (C=O) groups excluding carboxylic acids is 2. The third-order valence-corrected chi connectivity index (χ3v) is 4.49. The average molecular weight is 337 g/mol. The lowest BCUT2D eigenvalue weighted by atomic mass is 9.94. The van der Waals surface area contributed by atoms with E-state index in [2.05, 4.69) is 5.32 Å². The topological polar surface area (TPSA) is 92.7 Å². The van der Waals surface area contributed by atoms with Gasteiger partial charge < -0.3 is 15.2 Å². The average Bonchev–Trinajstić information content (AvgIpc) is 2.95. The molecule has 1 aromatic carbocycles. The molecule has 23 heavy (non-hydrogen) atoms. The molecule has 6 nitrogen and oxygen atoms in total. The van der Waals surface area contributed by atoms with Gasteiger partial charge in [0.25, 0.3) is 0 Å². The van der Waals surface area contributed by atoms with Crippen LogP contribution >= 0.6 is 11.8 Å². The standard InChI is InChI=1S/C16H19NO5S/c18-13(12-4-2-1-3-5-12)9-23-10-14(19)17-16(8-15(20)21)6-7-22-11-16/h1-5H,6-11H2,(H,17,19)(H,20,21). The van der Waals surface area contributed by atoms with Crippen LogP contribution in [0.5, 0.6) is 0 Å². The maximum atomic E-state index is 12.0. The monoisotopic (exact) mass is 337 g/mol. The number of benzene rings is 1. The summed E-state index contributed by atoms with van der Waals surface area (Å²) in [5.74, 6) is -0.960. The number of aliphatic carboxylic acids is 1. The van der Waals surface area contributed by atoms with Gasteiger partial charge in [0.05, 0.1) is 30.1 Å². The fourth-order valence-corrected chi connectivity index (χ4v) is 3.17. The van der Waals surface area contributed by atoms with Crippen molar-refractivity contribution in [3.8, 4) is 0 Å². The SMILES string of the molecule is O=C(O)CC1(NC(=O)CSCC(=O)c2ccccc2)CCOC1. The second kappa shape index (κ2) is 8.12. The Morgan fingerprint density at radius 2 is 1.96 bits per heavy atom. The molecule has 1 heterocycles. The van der Waals surface area contributed by atoms with Crippen molar-refractivity contribution in [2.24, 2.45) is 0 Å². The van der Waals surface area contributed by atoms with Crippen molar-refractivity contribution in [3.05, 3.63) is 35.9 Å². The van der Waals surface area contributed by atoms with E-state index in [1.807, 2.05) is 6.07 Å². The van der Waals surface area contributed by atoms with Gasteiger partial charge in [-0.15, -0.1) is 11.8 Å². The Morgan fingerprint density at radius 3 is 2.57 bits per heavy atom. The number of Topliss-reactive ketones (excluding diaryl/α,β-unsaturated/α-hetero) is 1. The first-order chi connectivity index (χ1) is 11.0. The van der Waals surface area contributed by atoms with E-state index >= 15 is 0 Å². The summed E-state index contributed by atoms with van der Waals surface area (Å²) in [6, 6.07) is 8.89. The van der Waals surface area contributed by atoms with Crippen LogP contribution in [0.4, 0.5) is 0 Å². The first kappa shape index (κ1) is 17.5. The second-order valence-electron chi connectivity index (χ2n) is 5.48. The number of carboxylic acid groups (broad SMARTS) is 1.